The molecule has 0 saturated heterocycles. The fourth-order valence-electron chi connectivity index (χ4n) is 0.981. The number of aryl methyl sites for hydroxylation is 1. The van der Waals surface area contributed by atoms with E-state index in [0.29, 0.717) is 6.42 Å². The molecule has 0 atom stereocenters. The first-order valence-corrected chi connectivity index (χ1v) is 3.80. The van der Waals surface area contributed by atoms with Crippen LogP contribution in [0.5, 0.6) is 0 Å². The first-order valence-electron chi connectivity index (χ1n) is 3.80. The molecule has 0 unspecified atom stereocenters. The maximum Gasteiger partial charge on any atom is 0.279 e. The van der Waals surface area contributed by atoms with Crippen molar-refractivity contribution in [2.45, 2.75) is 12.8 Å². The standard InChI is InChI=1S/C9H10NO2/c11-10(12)8-4-7-9-5-2-1-3-6-9/h1-3,5-6,8H,4,7H2. The molecule has 1 aromatic rings. The Labute approximate surface area is 71.2 Å². The van der Waals surface area contributed by atoms with Gasteiger partial charge in [-0.2, -0.15) is 0 Å². The van der Waals surface area contributed by atoms with Crippen molar-refractivity contribution in [3.05, 3.63) is 52.6 Å². The van der Waals surface area contributed by atoms with E-state index in [0.717, 1.165) is 18.5 Å². The minimum absolute atomic E-state index is 0.400. The number of nitro groups is 1. The summed E-state index contributed by atoms with van der Waals surface area (Å²) in [5.74, 6) is 0. The van der Waals surface area contributed by atoms with Crippen LogP contribution in [0.15, 0.2) is 30.3 Å². The second-order valence-electron chi connectivity index (χ2n) is 2.49. The largest absolute Gasteiger partial charge is 0.279 e. The van der Waals surface area contributed by atoms with Gasteiger partial charge in [-0.15, -0.1) is 0 Å². The first kappa shape index (κ1) is 8.71. The van der Waals surface area contributed by atoms with Crippen LogP contribution in [-0.2, 0) is 6.42 Å². The van der Waals surface area contributed by atoms with Gasteiger partial charge in [-0.05, 0) is 12.0 Å². The highest BCUT2D eigenvalue weighted by Crippen LogP contribution is 2.03. The molecule has 0 heterocycles. The fourth-order valence-corrected chi connectivity index (χ4v) is 0.981. The number of rotatable bonds is 4. The van der Waals surface area contributed by atoms with Crippen LogP contribution in [0.2, 0.25) is 0 Å². The molecule has 3 nitrogen and oxygen atoms in total. The molecule has 0 amide bonds. The Balaban J connectivity index is 2.29. The Hall–Kier alpha value is -1.38. The predicted octanol–water partition coefficient (Wildman–Crippen LogP) is 2.06. The minimum Gasteiger partial charge on any atom is -0.264 e. The summed E-state index contributed by atoms with van der Waals surface area (Å²) in [5, 5.41) is 9.94. The van der Waals surface area contributed by atoms with E-state index in [2.05, 4.69) is 0 Å². The summed E-state index contributed by atoms with van der Waals surface area (Å²) in [4.78, 5) is 9.54. The van der Waals surface area contributed by atoms with Gasteiger partial charge < -0.3 is 0 Å². The van der Waals surface area contributed by atoms with Gasteiger partial charge in [0.05, 0.1) is 0 Å². The van der Waals surface area contributed by atoms with Gasteiger partial charge in [-0.3, -0.25) is 10.1 Å². The fraction of sp³-hybridized carbons (Fsp3) is 0.222. The molecule has 0 aliphatic rings. The molecule has 0 bridgehead atoms. The molecule has 1 radical (unpaired) electrons. The van der Waals surface area contributed by atoms with E-state index in [9.17, 15) is 10.1 Å². The lowest BCUT2D eigenvalue weighted by atomic mass is 10.1. The van der Waals surface area contributed by atoms with Crippen molar-refractivity contribution in [1.29, 1.82) is 0 Å². The molecule has 0 aliphatic heterocycles. The summed E-state index contributed by atoms with van der Waals surface area (Å²) in [5.41, 5.74) is 1.13. The average molecular weight is 164 g/mol. The zero-order valence-corrected chi connectivity index (χ0v) is 6.64. The van der Waals surface area contributed by atoms with Crippen molar-refractivity contribution in [2.24, 2.45) is 0 Å². The second kappa shape index (κ2) is 4.49. The topological polar surface area (TPSA) is 43.1 Å². The van der Waals surface area contributed by atoms with Gasteiger partial charge in [0.15, 0.2) is 0 Å². The molecule has 0 saturated carbocycles. The summed E-state index contributed by atoms with van der Waals surface area (Å²) in [6.45, 7) is 1.09. The van der Waals surface area contributed by atoms with Gasteiger partial charge in [0.1, 0.15) is 0 Å². The monoisotopic (exact) mass is 164 g/mol. The molecule has 0 fully saturated rings. The minimum atomic E-state index is -0.400. The summed E-state index contributed by atoms with van der Waals surface area (Å²) in [6, 6.07) is 9.73. The van der Waals surface area contributed by atoms with E-state index in [4.69, 9.17) is 0 Å². The van der Waals surface area contributed by atoms with Crippen LogP contribution in [0.3, 0.4) is 0 Å². The van der Waals surface area contributed by atoms with Crippen LogP contribution in [0.25, 0.3) is 0 Å². The van der Waals surface area contributed by atoms with E-state index >= 15 is 0 Å². The molecule has 1 rings (SSSR count). The van der Waals surface area contributed by atoms with Crippen LogP contribution >= 0.6 is 0 Å². The summed E-state index contributed by atoms with van der Waals surface area (Å²) in [6.07, 6.45) is 1.23. The third-order valence-corrected chi connectivity index (χ3v) is 1.55. The summed E-state index contributed by atoms with van der Waals surface area (Å²) >= 11 is 0. The van der Waals surface area contributed by atoms with Crippen LogP contribution in [0, 0.1) is 16.7 Å². The summed E-state index contributed by atoms with van der Waals surface area (Å²) in [7, 11) is 0. The number of hydrogen-bond donors (Lipinski definition) is 0. The quantitative estimate of drug-likeness (QED) is 0.505. The maximum absolute atomic E-state index is 9.94. The number of hydrogen-bond acceptors (Lipinski definition) is 2. The molecule has 0 N–H and O–H groups in total. The molecule has 3 heteroatoms. The van der Waals surface area contributed by atoms with Gasteiger partial charge in [0.2, 0.25) is 0 Å². The highest BCUT2D eigenvalue weighted by molar-refractivity contribution is 5.14. The SMILES string of the molecule is O=[N+]([O-])[CH]CCc1ccccc1. The lowest BCUT2D eigenvalue weighted by Crippen LogP contribution is -1.94. The van der Waals surface area contributed by atoms with E-state index in [-0.39, 0.29) is 0 Å². The van der Waals surface area contributed by atoms with E-state index in [1.807, 2.05) is 30.3 Å². The zero-order valence-electron chi connectivity index (χ0n) is 6.64. The average Bonchev–Trinajstić information content (AvgIpc) is 2.05. The normalized spacial score (nSPS) is 9.67. The smallest absolute Gasteiger partial charge is 0.264 e. The lowest BCUT2D eigenvalue weighted by molar-refractivity contribution is -0.437. The van der Waals surface area contributed by atoms with Crippen molar-refractivity contribution in [3.63, 3.8) is 0 Å². The predicted molar refractivity (Wildman–Crippen MR) is 46.1 cm³/mol. The van der Waals surface area contributed by atoms with E-state index < -0.39 is 4.92 Å². The highest BCUT2D eigenvalue weighted by Gasteiger charge is 1.99. The third kappa shape index (κ3) is 3.14. The van der Waals surface area contributed by atoms with Crippen LogP contribution in [-0.4, -0.2) is 4.92 Å². The first-order chi connectivity index (χ1) is 5.79. The lowest BCUT2D eigenvalue weighted by Gasteiger charge is -1.95. The Kier molecular flexibility index (Phi) is 3.26. The van der Waals surface area contributed by atoms with Gasteiger partial charge in [0, 0.05) is 11.3 Å². The molecular weight excluding hydrogens is 154 g/mol. The van der Waals surface area contributed by atoms with Crippen molar-refractivity contribution in [1.82, 2.24) is 0 Å². The third-order valence-electron chi connectivity index (χ3n) is 1.55. The van der Waals surface area contributed by atoms with Gasteiger partial charge in [0.25, 0.3) is 6.54 Å². The van der Waals surface area contributed by atoms with Crippen molar-refractivity contribution in [2.75, 3.05) is 0 Å². The molecule has 0 aromatic heterocycles. The Bertz CT molecular complexity index is 246. The maximum atomic E-state index is 9.94. The number of benzene rings is 1. The molecule has 1 aromatic carbocycles. The number of nitrogens with zero attached hydrogens (tertiary/aromatic N) is 1. The second-order valence-corrected chi connectivity index (χ2v) is 2.49. The van der Waals surface area contributed by atoms with Crippen LogP contribution < -0.4 is 0 Å². The van der Waals surface area contributed by atoms with Crippen LogP contribution in [0.1, 0.15) is 12.0 Å². The van der Waals surface area contributed by atoms with E-state index in [1.165, 1.54) is 0 Å². The molecule has 0 spiro atoms. The van der Waals surface area contributed by atoms with Crippen molar-refractivity contribution >= 4 is 0 Å². The molecule has 0 aliphatic carbocycles. The van der Waals surface area contributed by atoms with Gasteiger partial charge >= 0.3 is 0 Å². The summed E-state index contributed by atoms with van der Waals surface area (Å²) < 4.78 is 0. The van der Waals surface area contributed by atoms with Crippen LogP contribution in [0.4, 0.5) is 0 Å². The van der Waals surface area contributed by atoms with E-state index in [1.54, 1.807) is 0 Å². The Morgan fingerprint density at radius 3 is 2.58 bits per heavy atom. The van der Waals surface area contributed by atoms with Crippen molar-refractivity contribution in [3.8, 4) is 0 Å². The molecule has 12 heavy (non-hydrogen) atoms. The molecular formula is C9H10NO2. The highest BCUT2D eigenvalue weighted by atomic mass is 16.6. The zero-order chi connectivity index (χ0) is 8.81. The van der Waals surface area contributed by atoms with Crippen molar-refractivity contribution < 1.29 is 4.92 Å². The van der Waals surface area contributed by atoms with Gasteiger partial charge in [-0.1, -0.05) is 30.3 Å². The molecule has 63 valence electrons. The van der Waals surface area contributed by atoms with Gasteiger partial charge in [-0.25, -0.2) is 0 Å². The Morgan fingerprint density at radius 1 is 1.33 bits per heavy atom. The Morgan fingerprint density at radius 2 is 2.00 bits per heavy atom.